The van der Waals surface area contributed by atoms with Crippen LogP contribution < -0.4 is 15.5 Å². The van der Waals surface area contributed by atoms with Crippen LogP contribution in [0.1, 0.15) is 20.3 Å². The molecule has 2 aliphatic heterocycles. The van der Waals surface area contributed by atoms with Crippen molar-refractivity contribution >= 4 is 17.4 Å². The predicted octanol–water partition coefficient (Wildman–Crippen LogP) is 2.13. The van der Waals surface area contributed by atoms with Crippen molar-refractivity contribution in [2.75, 3.05) is 49.6 Å². The minimum atomic E-state index is -0.119. The normalized spacial score (nSPS) is 22.0. The van der Waals surface area contributed by atoms with Crippen molar-refractivity contribution < 1.29 is 9.53 Å². The summed E-state index contributed by atoms with van der Waals surface area (Å²) in [6.07, 6.45) is 1.01. The van der Waals surface area contributed by atoms with E-state index < -0.39 is 0 Å². The zero-order chi connectivity index (χ0) is 16.9. The number of carbonyl (C=O) groups excluding carboxylic acids is 1. The third-order valence-electron chi connectivity index (χ3n) is 4.79. The lowest BCUT2D eigenvalue weighted by Crippen LogP contribution is -2.41. The van der Waals surface area contributed by atoms with Crippen LogP contribution in [0.2, 0.25) is 0 Å². The van der Waals surface area contributed by atoms with Gasteiger partial charge < -0.3 is 20.3 Å². The monoisotopic (exact) mass is 332 g/mol. The molecule has 0 spiro atoms. The average Bonchev–Trinajstić information content (AvgIpc) is 3.05. The predicted molar refractivity (Wildman–Crippen MR) is 96.7 cm³/mol. The smallest absolute Gasteiger partial charge is 0.319 e. The van der Waals surface area contributed by atoms with Gasteiger partial charge in [-0.2, -0.15) is 0 Å². The molecule has 2 fully saturated rings. The summed E-state index contributed by atoms with van der Waals surface area (Å²) in [7, 11) is 0. The molecule has 1 aromatic carbocycles. The molecule has 0 saturated carbocycles. The van der Waals surface area contributed by atoms with E-state index >= 15 is 0 Å². The Morgan fingerprint density at radius 3 is 2.67 bits per heavy atom. The maximum atomic E-state index is 12.4. The quantitative estimate of drug-likeness (QED) is 0.887. The Morgan fingerprint density at radius 1 is 1.21 bits per heavy atom. The molecule has 0 unspecified atom stereocenters. The third-order valence-corrected chi connectivity index (χ3v) is 4.79. The highest BCUT2D eigenvalue weighted by Crippen LogP contribution is 2.26. The summed E-state index contributed by atoms with van der Waals surface area (Å²) in [6, 6.07) is 8.61. The number of urea groups is 1. The van der Waals surface area contributed by atoms with E-state index in [1.54, 1.807) is 0 Å². The molecular weight excluding hydrogens is 304 g/mol. The van der Waals surface area contributed by atoms with Crippen molar-refractivity contribution in [3.63, 3.8) is 0 Å². The Kier molecular flexibility index (Phi) is 5.58. The van der Waals surface area contributed by atoms with Gasteiger partial charge in [0.1, 0.15) is 0 Å². The lowest BCUT2D eigenvalue weighted by molar-refractivity contribution is 0.123. The molecule has 0 aromatic heterocycles. The van der Waals surface area contributed by atoms with E-state index in [-0.39, 0.29) is 12.1 Å². The number of likely N-dealkylation sites (tertiary alicyclic amines) is 1. The van der Waals surface area contributed by atoms with E-state index in [1.165, 1.54) is 0 Å². The summed E-state index contributed by atoms with van der Waals surface area (Å²) < 4.78 is 5.41. The van der Waals surface area contributed by atoms with Gasteiger partial charge in [-0.25, -0.2) is 4.79 Å². The lowest BCUT2D eigenvalue weighted by atomic mass is 10.2. The van der Waals surface area contributed by atoms with E-state index in [4.69, 9.17) is 4.74 Å². The first-order valence-electron chi connectivity index (χ1n) is 8.87. The Balaban J connectivity index is 1.58. The second-order valence-corrected chi connectivity index (χ2v) is 6.79. The first kappa shape index (κ1) is 17.0. The van der Waals surface area contributed by atoms with Crippen LogP contribution in [0.15, 0.2) is 24.3 Å². The van der Waals surface area contributed by atoms with Crippen LogP contribution in [0.3, 0.4) is 0 Å². The fourth-order valence-corrected chi connectivity index (χ4v) is 3.38. The Bertz CT molecular complexity index is 558. The van der Waals surface area contributed by atoms with E-state index in [0.717, 1.165) is 57.2 Å². The summed E-state index contributed by atoms with van der Waals surface area (Å²) in [4.78, 5) is 17.1. The largest absolute Gasteiger partial charge is 0.378 e. The Hall–Kier alpha value is -1.79. The van der Waals surface area contributed by atoms with Gasteiger partial charge in [0.05, 0.1) is 24.6 Å². The lowest BCUT2D eigenvalue weighted by Gasteiger charge is -2.30. The molecule has 0 radical (unpaired) electrons. The number of nitrogens with one attached hydrogen (secondary N) is 2. The zero-order valence-corrected chi connectivity index (χ0v) is 14.6. The van der Waals surface area contributed by atoms with Gasteiger partial charge >= 0.3 is 6.03 Å². The minimum absolute atomic E-state index is 0.119. The van der Waals surface area contributed by atoms with Gasteiger partial charge in [-0.05, 0) is 32.4 Å². The van der Waals surface area contributed by atoms with Gasteiger partial charge in [0, 0.05) is 38.3 Å². The number of amides is 2. The van der Waals surface area contributed by atoms with Crippen molar-refractivity contribution in [2.24, 2.45) is 0 Å². The molecule has 2 saturated heterocycles. The second-order valence-electron chi connectivity index (χ2n) is 6.79. The number of hydrogen-bond acceptors (Lipinski definition) is 4. The van der Waals surface area contributed by atoms with Crippen LogP contribution in [0.5, 0.6) is 0 Å². The van der Waals surface area contributed by atoms with E-state index in [2.05, 4.69) is 40.3 Å². The molecule has 0 aliphatic carbocycles. The summed E-state index contributed by atoms with van der Waals surface area (Å²) in [5.74, 6) is 0. The number of para-hydroxylation sites is 2. The highest BCUT2D eigenvalue weighted by atomic mass is 16.5. The maximum Gasteiger partial charge on any atom is 0.319 e. The second kappa shape index (κ2) is 7.85. The van der Waals surface area contributed by atoms with Gasteiger partial charge in [-0.3, -0.25) is 4.90 Å². The average molecular weight is 332 g/mol. The number of morpholine rings is 1. The fraction of sp³-hybridized carbons (Fsp3) is 0.611. The zero-order valence-electron chi connectivity index (χ0n) is 14.6. The molecule has 1 aromatic rings. The van der Waals surface area contributed by atoms with E-state index in [9.17, 15) is 4.79 Å². The molecule has 3 rings (SSSR count). The first-order chi connectivity index (χ1) is 11.6. The van der Waals surface area contributed by atoms with Crippen LogP contribution in [0, 0.1) is 0 Å². The number of nitrogens with zero attached hydrogens (tertiary/aromatic N) is 2. The fourth-order valence-electron chi connectivity index (χ4n) is 3.38. The summed E-state index contributed by atoms with van der Waals surface area (Å²) in [6.45, 7) is 9.53. The molecular formula is C18H28N4O2. The molecule has 132 valence electrons. The maximum absolute atomic E-state index is 12.4. The molecule has 1 atom stereocenters. The van der Waals surface area contributed by atoms with E-state index in [0.29, 0.717) is 6.04 Å². The Labute approximate surface area is 144 Å². The summed E-state index contributed by atoms with van der Waals surface area (Å²) in [5, 5.41) is 6.14. The topological polar surface area (TPSA) is 56.8 Å². The molecule has 6 heteroatoms. The molecule has 0 bridgehead atoms. The summed E-state index contributed by atoms with van der Waals surface area (Å²) >= 11 is 0. The number of anilines is 2. The van der Waals surface area contributed by atoms with Gasteiger partial charge in [0.15, 0.2) is 0 Å². The van der Waals surface area contributed by atoms with Gasteiger partial charge in [-0.1, -0.05) is 12.1 Å². The first-order valence-corrected chi connectivity index (χ1v) is 8.87. The van der Waals surface area contributed by atoms with Crippen LogP contribution in [-0.4, -0.2) is 62.4 Å². The van der Waals surface area contributed by atoms with Crippen molar-refractivity contribution in [1.82, 2.24) is 10.2 Å². The minimum Gasteiger partial charge on any atom is -0.378 e. The number of ether oxygens (including phenoxy) is 1. The SMILES string of the molecule is CC(C)N1CC[C@@H](NC(=O)Nc2ccccc2N2CCOCC2)C1. The van der Waals surface area contributed by atoms with Crippen molar-refractivity contribution in [2.45, 2.75) is 32.4 Å². The highest BCUT2D eigenvalue weighted by molar-refractivity contribution is 5.93. The number of carbonyl (C=O) groups is 1. The van der Waals surface area contributed by atoms with Crippen LogP contribution >= 0.6 is 0 Å². The van der Waals surface area contributed by atoms with Gasteiger partial charge in [0.25, 0.3) is 0 Å². The van der Waals surface area contributed by atoms with E-state index in [1.807, 2.05) is 18.2 Å². The summed E-state index contributed by atoms with van der Waals surface area (Å²) in [5.41, 5.74) is 1.92. The molecule has 24 heavy (non-hydrogen) atoms. The van der Waals surface area contributed by atoms with Gasteiger partial charge in [0.2, 0.25) is 0 Å². The third kappa shape index (κ3) is 4.19. The Morgan fingerprint density at radius 2 is 1.96 bits per heavy atom. The van der Waals surface area contributed by atoms with Crippen LogP contribution in [-0.2, 0) is 4.74 Å². The number of hydrogen-bond donors (Lipinski definition) is 2. The molecule has 2 amide bonds. The number of rotatable bonds is 4. The van der Waals surface area contributed by atoms with Crippen molar-refractivity contribution in [1.29, 1.82) is 0 Å². The van der Waals surface area contributed by atoms with Gasteiger partial charge in [-0.15, -0.1) is 0 Å². The molecule has 6 nitrogen and oxygen atoms in total. The standard InChI is InChI=1S/C18H28N4O2/c1-14(2)22-8-7-15(13-22)19-18(23)20-16-5-3-4-6-17(16)21-9-11-24-12-10-21/h3-6,14-15H,7-13H2,1-2H3,(H2,19,20,23)/t15-/m1/s1. The highest BCUT2D eigenvalue weighted by Gasteiger charge is 2.25. The molecule has 2 heterocycles. The van der Waals surface area contributed by atoms with Crippen molar-refractivity contribution in [3.05, 3.63) is 24.3 Å². The molecule has 2 N–H and O–H groups in total. The van der Waals surface area contributed by atoms with Crippen LogP contribution in [0.25, 0.3) is 0 Å². The molecule has 2 aliphatic rings. The van der Waals surface area contributed by atoms with Crippen LogP contribution in [0.4, 0.5) is 16.2 Å². The van der Waals surface area contributed by atoms with Crippen molar-refractivity contribution in [3.8, 4) is 0 Å². The number of benzene rings is 1.